The van der Waals surface area contributed by atoms with Gasteiger partial charge in [-0.05, 0) is 56.7 Å². The summed E-state index contributed by atoms with van der Waals surface area (Å²) in [6, 6.07) is 12.9. The minimum absolute atomic E-state index is 0.130. The second kappa shape index (κ2) is 9.12. The van der Waals surface area contributed by atoms with Crippen LogP contribution in [0.15, 0.2) is 52.1 Å². The Morgan fingerprint density at radius 2 is 1.96 bits per heavy atom. The van der Waals surface area contributed by atoms with E-state index in [4.69, 9.17) is 20.8 Å². The van der Waals surface area contributed by atoms with Crippen LogP contribution in [-0.2, 0) is 11.4 Å². The molecule has 28 heavy (non-hydrogen) atoms. The summed E-state index contributed by atoms with van der Waals surface area (Å²) in [5, 5.41) is 11.4. The summed E-state index contributed by atoms with van der Waals surface area (Å²) in [5.74, 6) is 0.853. The van der Waals surface area contributed by atoms with E-state index >= 15 is 0 Å². The van der Waals surface area contributed by atoms with Crippen molar-refractivity contribution >= 4 is 35.0 Å². The standard InChI is InChI=1S/C20H20ClN3O3S/c1-12-4-9-17(13(2)10-12)22-19(25)14(3)28-20-24-23-18(27-20)11-26-16-7-5-15(21)6-8-16/h4-10,14H,11H2,1-3H3,(H,22,25)/t14-/m0/s1. The largest absolute Gasteiger partial charge is 0.484 e. The highest BCUT2D eigenvalue weighted by Crippen LogP contribution is 2.24. The quantitative estimate of drug-likeness (QED) is 0.543. The van der Waals surface area contributed by atoms with Gasteiger partial charge >= 0.3 is 0 Å². The first-order chi connectivity index (χ1) is 13.4. The Morgan fingerprint density at radius 3 is 2.68 bits per heavy atom. The van der Waals surface area contributed by atoms with Gasteiger partial charge in [-0.1, -0.05) is 41.1 Å². The average molecular weight is 418 g/mol. The van der Waals surface area contributed by atoms with Crippen molar-refractivity contribution in [1.29, 1.82) is 0 Å². The number of nitrogens with zero attached hydrogens (tertiary/aromatic N) is 2. The first-order valence-electron chi connectivity index (χ1n) is 8.66. The summed E-state index contributed by atoms with van der Waals surface area (Å²) in [4.78, 5) is 12.4. The number of benzene rings is 2. The summed E-state index contributed by atoms with van der Waals surface area (Å²) < 4.78 is 11.1. The van der Waals surface area contributed by atoms with Crippen LogP contribution >= 0.6 is 23.4 Å². The molecule has 3 aromatic rings. The van der Waals surface area contributed by atoms with Crippen LogP contribution in [0.5, 0.6) is 5.75 Å². The van der Waals surface area contributed by atoms with E-state index in [1.807, 2.05) is 32.0 Å². The second-order valence-corrected chi connectivity index (χ2v) is 8.00. The molecule has 1 N–H and O–H groups in total. The number of aromatic nitrogens is 2. The molecule has 0 saturated carbocycles. The maximum atomic E-state index is 12.4. The third kappa shape index (κ3) is 5.50. The first-order valence-corrected chi connectivity index (χ1v) is 9.92. The van der Waals surface area contributed by atoms with Crippen molar-refractivity contribution in [2.45, 2.75) is 37.9 Å². The van der Waals surface area contributed by atoms with Gasteiger partial charge in [0.15, 0.2) is 6.61 Å². The van der Waals surface area contributed by atoms with E-state index in [0.717, 1.165) is 16.8 Å². The Morgan fingerprint density at radius 1 is 1.21 bits per heavy atom. The maximum absolute atomic E-state index is 12.4. The smallest absolute Gasteiger partial charge is 0.277 e. The van der Waals surface area contributed by atoms with Crippen LogP contribution in [0, 0.1) is 13.8 Å². The Bertz CT molecular complexity index is 960. The van der Waals surface area contributed by atoms with Crippen molar-refractivity contribution < 1.29 is 13.9 Å². The number of rotatable bonds is 7. The summed E-state index contributed by atoms with van der Waals surface area (Å²) in [6.07, 6.45) is 0. The molecule has 1 heterocycles. The Balaban J connectivity index is 1.53. The molecule has 0 spiro atoms. The lowest BCUT2D eigenvalue weighted by molar-refractivity contribution is -0.115. The van der Waals surface area contributed by atoms with E-state index in [0.29, 0.717) is 21.9 Å². The predicted molar refractivity (Wildman–Crippen MR) is 110 cm³/mol. The number of amides is 1. The van der Waals surface area contributed by atoms with E-state index in [-0.39, 0.29) is 12.5 Å². The van der Waals surface area contributed by atoms with Crippen LogP contribution in [-0.4, -0.2) is 21.4 Å². The third-order valence-electron chi connectivity index (χ3n) is 3.91. The zero-order valence-electron chi connectivity index (χ0n) is 15.7. The van der Waals surface area contributed by atoms with Gasteiger partial charge in [-0.3, -0.25) is 4.79 Å². The number of thioether (sulfide) groups is 1. The summed E-state index contributed by atoms with van der Waals surface area (Å²) in [6.45, 7) is 5.90. The molecular formula is C20H20ClN3O3S. The molecule has 2 aromatic carbocycles. The van der Waals surface area contributed by atoms with E-state index < -0.39 is 5.25 Å². The normalized spacial score (nSPS) is 11.9. The molecule has 0 aliphatic heterocycles. The van der Waals surface area contributed by atoms with E-state index in [1.54, 1.807) is 31.2 Å². The lowest BCUT2D eigenvalue weighted by Crippen LogP contribution is -2.22. The van der Waals surface area contributed by atoms with Gasteiger partial charge in [0.1, 0.15) is 5.75 Å². The Labute approximate surface area is 172 Å². The van der Waals surface area contributed by atoms with Crippen LogP contribution in [0.25, 0.3) is 0 Å². The summed E-state index contributed by atoms with van der Waals surface area (Å²) in [7, 11) is 0. The highest BCUT2D eigenvalue weighted by Gasteiger charge is 2.19. The molecule has 6 nitrogen and oxygen atoms in total. The number of aryl methyl sites for hydroxylation is 2. The van der Waals surface area contributed by atoms with Crippen LogP contribution in [0.1, 0.15) is 23.9 Å². The van der Waals surface area contributed by atoms with Gasteiger partial charge in [-0.15, -0.1) is 10.2 Å². The fraction of sp³-hybridized carbons (Fsp3) is 0.250. The number of carbonyl (C=O) groups is 1. The van der Waals surface area contributed by atoms with E-state index in [1.165, 1.54) is 11.8 Å². The Hall–Kier alpha value is -2.51. The van der Waals surface area contributed by atoms with Crippen molar-refractivity contribution in [1.82, 2.24) is 10.2 Å². The van der Waals surface area contributed by atoms with Crippen molar-refractivity contribution in [2.75, 3.05) is 5.32 Å². The highest BCUT2D eigenvalue weighted by atomic mass is 35.5. The molecule has 8 heteroatoms. The molecule has 1 aromatic heterocycles. The van der Waals surface area contributed by atoms with Crippen LogP contribution in [0.4, 0.5) is 5.69 Å². The fourth-order valence-corrected chi connectivity index (χ4v) is 3.24. The number of hydrogen-bond acceptors (Lipinski definition) is 6. The van der Waals surface area contributed by atoms with Crippen LogP contribution < -0.4 is 10.1 Å². The molecule has 0 aliphatic rings. The average Bonchev–Trinajstić information content (AvgIpc) is 3.11. The first kappa shape index (κ1) is 20.2. The fourth-order valence-electron chi connectivity index (χ4n) is 2.41. The lowest BCUT2D eigenvalue weighted by Gasteiger charge is -2.12. The minimum Gasteiger partial charge on any atom is -0.484 e. The van der Waals surface area contributed by atoms with Crippen LogP contribution in [0.2, 0.25) is 5.02 Å². The van der Waals surface area contributed by atoms with Gasteiger partial charge in [0.2, 0.25) is 5.91 Å². The third-order valence-corrected chi connectivity index (χ3v) is 5.10. The summed E-state index contributed by atoms with van der Waals surface area (Å²) in [5.41, 5.74) is 2.97. The molecular weight excluding hydrogens is 398 g/mol. The van der Waals surface area contributed by atoms with Gasteiger partial charge in [-0.2, -0.15) is 0 Å². The number of hydrogen-bond donors (Lipinski definition) is 1. The zero-order valence-corrected chi connectivity index (χ0v) is 17.3. The van der Waals surface area contributed by atoms with Gasteiger partial charge in [0.25, 0.3) is 11.1 Å². The monoisotopic (exact) mass is 417 g/mol. The topological polar surface area (TPSA) is 77.2 Å². The number of anilines is 1. The molecule has 1 atom stereocenters. The van der Waals surface area contributed by atoms with Crippen molar-refractivity contribution in [2.24, 2.45) is 0 Å². The predicted octanol–water partition coefficient (Wildman–Crippen LogP) is 5.04. The van der Waals surface area contributed by atoms with Crippen molar-refractivity contribution in [3.05, 3.63) is 64.5 Å². The molecule has 146 valence electrons. The molecule has 0 aliphatic carbocycles. The highest BCUT2D eigenvalue weighted by molar-refractivity contribution is 8.00. The molecule has 0 unspecified atom stereocenters. The van der Waals surface area contributed by atoms with Gasteiger partial charge in [-0.25, -0.2) is 0 Å². The number of halogens is 1. The molecule has 3 rings (SSSR count). The van der Waals surface area contributed by atoms with Crippen molar-refractivity contribution in [3.63, 3.8) is 0 Å². The molecule has 0 radical (unpaired) electrons. The molecule has 1 amide bonds. The number of ether oxygens (including phenoxy) is 1. The Kier molecular flexibility index (Phi) is 6.59. The second-order valence-electron chi connectivity index (χ2n) is 6.27. The molecule has 0 bridgehead atoms. The maximum Gasteiger partial charge on any atom is 0.277 e. The van der Waals surface area contributed by atoms with Crippen molar-refractivity contribution in [3.8, 4) is 5.75 Å². The zero-order chi connectivity index (χ0) is 20.1. The van der Waals surface area contributed by atoms with Gasteiger partial charge < -0.3 is 14.5 Å². The molecule has 0 saturated heterocycles. The lowest BCUT2D eigenvalue weighted by atomic mass is 10.1. The van der Waals surface area contributed by atoms with Gasteiger partial charge in [0.05, 0.1) is 5.25 Å². The number of carbonyl (C=O) groups excluding carboxylic acids is 1. The van der Waals surface area contributed by atoms with E-state index in [9.17, 15) is 4.79 Å². The molecule has 0 fully saturated rings. The summed E-state index contributed by atoms with van der Waals surface area (Å²) >= 11 is 7.04. The number of nitrogens with one attached hydrogen (secondary N) is 1. The minimum atomic E-state index is -0.397. The van der Waals surface area contributed by atoms with E-state index in [2.05, 4.69) is 15.5 Å². The SMILES string of the molecule is Cc1ccc(NC(=O)[C@H](C)Sc2nnc(COc3ccc(Cl)cc3)o2)c(C)c1. The van der Waals surface area contributed by atoms with Crippen LogP contribution in [0.3, 0.4) is 0 Å². The van der Waals surface area contributed by atoms with Gasteiger partial charge in [0, 0.05) is 10.7 Å².